The van der Waals surface area contributed by atoms with Gasteiger partial charge >= 0.3 is 0 Å². The minimum Gasteiger partial charge on any atom is -0.390 e. The van der Waals surface area contributed by atoms with Crippen LogP contribution in [-0.2, 0) is 4.74 Å². The summed E-state index contributed by atoms with van der Waals surface area (Å²) in [6, 6.07) is 1.04. The Kier molecular flexibility index (Phi) is 7.50. The summed E-state index contributed by atoms with van der Waals surface area (Å²) in [6.45, 7) is 2.47. The van der Waals surface area contributed by atoms with Crippen molar-refractivity contribution in [1.82, 2.24) is 26.4 Å². The fourth-order valence-corrected chi connectivity index (χ4v) is 7.60. The minimum atomic E-state index is -0.312. The highest BCUT2D eigenvalue weighted by molar-refractivity contribution is 4.98. The Balaban J connectivity index is 1.37. The van der Waals surface area contributed by atoms with Gasteiger partial charge in [-0.25, -0.2) is 10.4 Å². The van der Waals surface area contributed by atoms with E-state index in [0.29, 0.717) is 18.0 Å². The largest absolute Gasteiger partial charge is 0.390 e. The lowest BCUT2D eigenvalue weighted by Crippen LogP contribution is -2.63. The van der Waals surface area contributed by atoms with E-state index in [1.165, 1.54) is 77.3 Å². The van der Waals surface area contributed by atoms with Gasteiger partial charge in [0.1, 0.15) is 6.17 Å². The topological polar surface area (TPSA) is 72.0 Å². The average Bonchev–Trinajstić information content (AvgIpc) is 3.30. The molecule has 7 atom stereocenters. The van der Waals surface area contributed by atoms with Gasteiger partial charge in [0.2, 0.25) is 0 Å². The smallest absolute Gasteiger partial charge is 0.105 e. The van der Waals surface area contributed by atoms with Crippen molar-refractivity contribution in [3.63, 3.8) is 0 Å². The van der Waals surface area contributed by atoms with E-state index < -0.39 is 0 Å². The molecule has 0 aromatic rings. The summed E-state index contributed by atoms with van der Waals surface area (Å²) < 4.78 is 5.73. The number of methoxy groups -OCH3 is 1. The van der Waals surface area contributed by atoms with Crippen LogP contribution in [0.25, 0.3) is 0 Å². The Hall–Kier alpha value is -0.280. The Morgan fingerprint density at radius 3 is 2.48 bits per heavy atom. The van der Waals surface area contributed by atoms with Gasteiger partial charge in [-0.15, -0.1) is 0 Å². The molecule has 0 aromatic carbocycles. The monoisotopic (exact) mass is 435 g/mol. The molecule has 31 heavy (non-hydrogen) atoms. The second-order valence-corrected chi connectivity index (χ2v) is 11.0. The van der Waals surface area contributed by atoms with Gasteiger partial charge < -0.3 is 9.84 Å². The number of likely N-dealkylation sites (tertiary alicyclic amines) is 1. The van der Waals surface area contributed by atoms with E-state index in [2.05, 4.69) is 26.4 Å². The van der Waals surface area contributed by atoms with Crippen molar-refractivity contribution in [1.29, 1.82) is 0 Å². The average molecular weight is 436 g/mol. The number of nitrogens with zero attached hydrogens (tertiary/aromatic N) is 2. The predicted octanol–water partition coefficient (Wildman–Crippen LogP) is 2.53. The summed E-state index contributed by atoms with van der Waals surface area (Å²) in [4.78, 5) is 2.84. The number of nitrogens with one attached hydrogen (secondary N) is 3. The van der Waals surface area contributed by atoms with Crippen molar-refractivity contribution < 1.29 is 9.84 Å². The maximum atomic E-state index is 10.5. The van der Waals surface area contributed by atoms with Crippen molar-refractivity contribution in [2.45, 2.75) is 114 Å². The van der Waals surface area contributed by atoms with Crippen LogP contribution in [0.1, 0.15) is 83.5 Å². The zero-order valence-electron chi connectivity index (χ0n) is 19.5. The first-order valence-corrected chi connectivity index (χ1v) is 13.2. The summed E-state index contributed by atoms with van der Waals surface area (Å²) in [7, 11) is 1.77. The Bertz CT molecular complexity index is 574. The van der Waals surface area contributed by atoms with E-state index in [9.17, 15) is 5.11 Å². The Morgan fingerprint density at radius 1 is 0.903 bits per heavy atom. The van der Waals surface area contributed by atoms with Gasteiger partial charge in [-0.2, -0.15) is 11.1 Å². The maximum absolute atomic E-state index is 10.5. The molecular weight excluding hydrogens is 390 g/mol. The molecule has 0 spiro atoms. The van der Waals surface area contributed by atoms with Gasteiger partial charge in [-0.3, -0.25) is 4.90 Å². The van der Waals surface area contributed by atoms with Crippen molar-refractivity contribution >= 4 is 0 Å². The number of hydrazine groups is 3. The van der Waals surface area contributed by atoms with E-state index in [0.717, 1.165) is 31.1 Å². The lowest BCUT2D eigenvalue weighted by molar-refractivity contribution is -0.0854. The molecular formula is C24H45N5O2. The summed E-state index contributed by atoms with van der Waals surface area (Å²) in [5, 5.41) is 13.0. The molecule has 3 saturated carbocycles. The number of piperidine rings is 1. The summed E-state index contributed by atoms with van der Waals surface area (Å²) in [6.07, 6.45) is 16.6. The van der Waals surface area contributed by atoms with Crippen molar-refractivity contribution in [2.75, 3.05) is 20.2 Å². The molecule has 0 bridgehead atoms. The molecule has 4 N–H and O–H groups in total. The molecule has 0 amide bonds. The first-order valence-electron chi connectivity index (χ1n) is 13.2. The van der Waals surface area contributed by atoms with Crippen LogP contribution in [0.4, 0.5) is 0 Å². The molecule has 7 nitrogen and oxygen atoms in total. The van der Waals surface area contributed by atoms with Crippen LogP contribution in [0.5, 0.6) is 0 Å². The molecule has 0 aromatic heterocycles. The molecule has 2 aliphatic heterocycles. The minimum absolute atomic E-state index is 0.0288. The molecule has 7 heteroatoms. The first kappa shape index (κ1) is 22.5. The Labute approximate surface area is 188 Å². The van der Waals surface area contributed by atoms with Crippen molar-refractivity contribution in [2.24, 2.45) is 17.8 Å². The number of aliphatic hydroxyl groups excluding tert-OH is 1. The molecule has 2 heterocycles. The standard InChI is InChI=1S/C24H45N5O2/c1-31-22-15-18(11-12-21(22)30)23(28-14-13-17-7-5-6-8-19(17)16-28)24-25-26-27-29(24)20-9-3-2-4-10-20/h17-27,30H,2-16H2,1H3. The zero-order chi connectivity index (χ0) is 21.2. The number of aliphatic hydroxyl groups is 1. The quantitative estimate of drug-likeness (QED) is 0.529. The lowest BCUT2D eigenvalue weighted by atomic mass is 9.73. The number of fused-ring (bicyclic) bond motifs is 1. The zero-order valence-corrected chi connectivity index (χ0v) is 19.5. The van der Waals surface area contributed by atoms with Crippen LogP contribution in [0.2, 0.25) is 0 Å². The maximum Gasteiger partial charge on any atom is 0.105 e. The van der Waals surface area contributed by atoms with Crippen molar-refractivity contribution in [3.8, 4) is 0 Å². The second-order valence-electron chi connectivity index (χ2n) is 11.0. The van der Waals surface area contributed by atoms with Crippen LogP contribution >= 0.6 is 0 Å². The summed E-state index contributed by atoms with van der Waals surface area (Å²) in [5.41, 5.74) is 10.4. The van der Waals surface area contributed by atoms with Gasteiger partial charge in [0.05, 0.1) is 12.2 Å². The fraction of sp³-hybridized carbons (Fsp3) is 1.00. The normalized spacial score (nSPS) is 42.4. The van der Waals surface area contributed by atoms with Gasteiger partial charge in [0, 0.05) is 25.7 Å². The highest BCUT2D eigenvalue weighted by Gasteiger charge is 2.47. The summed E-state index contributed by atoms with van der Waals surface area (Å²) >= 11 is 0. The van der Waals surface area contributed by atoms with Gasteiger partial charge in [-0.1, -0.05) is 38.5 Å². The molecule has 5 rings (SSSR count). The third-order valence-corrected chi connectivity index (χ3v) is 9.32. The van der Waals surface area contributed by atoms with E-state index in [4.69, 9.17) is 4.74 Å². The molecule has 5 fully saturated rings. The first-order chi connectivity index (χ1) is 15.2. The third kappa shape index (κ3) is 4.84. The number of ether oxygens (including phenoxy) is 1. The third-order valence-electron chi connectivity index (χ3n) is 9.32. The fourth-order valence-electron chi connectivity index (χ4n) is 7.60. The van der Waals surface area contributed by atoms with Crippen LogP contribution in [-0.4, -0.2) is 65.7 Å². The highest BCUT2D eigenvalue weighted by Crippen LogP contribution is 2.41. The highest BCUT2D eigenvalue weighted by atomic mass is 16.5. The SMILES string of the molecule is COC1CC(C(C2NNNN2C2CCCCC2)N2CCC3CCCCC3C2)CCC1O. The van der Waals surface area contributed by atoms with Crippen LogP contribution < -0.4 is 16.5 Å². The second kappa shape index (κ2) is 10.3. The molecule has 7 unspecified atom stereocenters. The van der Waals surface area contributed by atoms with Crippen molar-refractivity contribution in [3.05, 3.63) is 0 Å². The molecule has 2 saturated heterocycles. The van der Waals surface area contributed by atoms with Crippen LogP contribution in [0, 0.1) is 17.8 Å². The van der Waals surface area contributed by atoms with Crippen LogP contribution in [0.15, 0.2) is 0 Å². The molecule has 0 radical (unpaired) electrons. The predicted molar refractivity (Wildman–Crippen MR) is 121 cm³/mol. The van der Waals surface area contributed by atoms with Crippen LogP contribution in [0.3, 0.4) is 0 Å². The van der Waals surface area contributed by atoms with Gasteiger partial charge in [-0.05, 0) is 69.2 Å². The number of hydrogen-bond acceptors (Lipinski definition) is 7. The molecule has 3 aliphatic carbocycles. The van der Waals surface area contributed by atoms with E-state index in [1.54, 1.807) is 7.11 Å². The number of hydrogen-bond donors (Lipinski definition) is 4. The summed E-state index contributed by atoms with van der Waals surface area (Å²) in [5.74, 6) is 2.37. The van der Waals surface area contributed by atoms with E-state index in [-0.39, 0.29) is 18.4 Å². The number of rotatable bonds is 5. The molecule has 178 valence electrons. The van der Waals surface area contributed by atoms with E-state index >= 15 is 0 Å². The molecule has 5 aliphatic rings. The lowest BCUT2D eigenvalue weighted by Gasteiger charge is -2.51. The van der Waals surface area contributed by atoms with Gasteiger partial charge in [0.15, 0.2) is 0 Å². The Morgan fingerprint density at radius 2 is 1.68 bits per heavy atom. The van der Waals surface area contributed by atoms with E-state index in [1.807, 2.05) is 0 Å². The van der Waals surface area contributed by atoms with Gasteiger partial charge in [0.25, 0.3) is 0 Å².